The Morgan fingerprint density at radius 1 is 1.35 bits per heavy atom. The fourth-order valence-corrected chi connectivity index (χ4v) is 4.52. The van der Waals surface area contributed by atoms with Gasteiger partial charge in [0.1, 0.15) is 10.8 Å². The molecule has 3 rings (SSSR count). The van der Waals surface area contributed by atoms with Crippen LogP contribution in [0.2, 0.25) is 10.0 Å². The lowest BCUT2D eigenvalue weighted by molar-refractivity contribution is 0.330. The minimum atomic E-state index is 0.275. The quantitative estimate of drug-likeness (QED) is 0.729. The second-order valence-electron chi connectivity index (χ2n) is 6.95. The van der Waals surface area contributed by atoms with E-state index in [0.717, 1.165) is 49.6 Å². The lowest BCUT2D eigenvalue weighted by atomic mass is 9.85. The predicted octanol–water partition coefficient (Wildman–Crippen LogP) is 4.47. The molecule has 0 saturated carbocycles. The van der Waals surface area contributed by atoms with Crippen molar-refractivity contribution in [3.8, 4) is 0 Å². The maximum atomic E-state index is 6.24. The van der Waals surface area contributed by atoms with E-state index in [2.05, 4.69) is 21.8 Å². The third-order valence-corrected chi connectivity index (χ3v) is 6.74. The Balaban J connectivity index is 1.73. The molecule has 2 aromatic rings. The molecule has 5 nitrogen and oxygen atoms in total. The molecule has 26 heavy (non-hydrogen) atoms. The Bertz CT molecular complexity index is 788. The summed E-state index contributed by atoms with van der Waals surface area (Å²) in [4.78, 5) is 12.1. The number of anilines is 2. The summed E-state index contributed by atoms with van der Waals surface area (Å²) in [5.41, 5.74) is 12.1. The monoisotopic (exact) mass is 411 g/mol. The summed E-state index contributed by atoms with van der Waals surface area (Å²) < 4.78 is 0. The van der Waals surface area contributed by atoms with Crippen molar-refractivity contribution in [1.82, 2.24) is 9.97 Å². The second-order valence-corrected chi connectivity index (χ2v) is 8.76. The van der Waals surface area contributed by atoms with Crippen LogP contribution in [-0.4, -0.2) is 29.6 Å². The Kier molecular flexibility index (Phi) is 6.17. The summed E-state index contributed by atoms with van der Waals surface area (Å²) in [6.45, 7) is 4.96. The van der Waals surface area contributed by atoms with Crippen LogP contribution < -0.4 is 16.4 Å². The Labute approximate surface area is 168 Å². The van der Waals surface area contributed by atoms with Crippen LogP contribution in [0.25, 0.3) is 0 Å². The molecule has 0 amide bonds. The highest BCUT2D eigenvalue weighted by molar-refractivity contribution is 7.99. The van der Waals surface area contributed by atoms with Gasteiger partial charge in [-0.25, -0.2) is 9.97 Å². The van der Waals surface area contributed by atoms with Crippen LogP contribution in [0.4, 0.5) is 11.6 Å². The maximum Gasteiger partial charge on any atom is 0.158 e. The third-order valence-electron chi connectivity index (χ3n) is 4.74. The summed E-state index contributed by atoms with van der Waals surface area (Å²) in [6.07, 6.45) is 5.09. The normalized spacial score (nSPS) is 19.9. The van der Waals surface area contributed by atoms with Crippen LogP contribution in [0.5, 0.6) is 0 Å². The fourth-order valence-electron chi connectivity index (χ4n) is 3.23. The van der Waals surface area contributed by atoms with E-state index >= 15 is 0 Å². The van der Waals surface area contributed by atoms with Crippen LogP contribution in [0.1, 0.15) is 26.2 Å². The molecular weight excluding hydrogens is 389 g/mol. The molecule has 1 aliphatic rings. The van der Waals surface area contributed by atoms with E-state index in [9.17, 15) is 0 Å². The molecule has 1 atom stereocenters. The molecule has 0 aliphatic carbocycles. The molecular formula is C18H23Cl2N5S. The van der Waals surface area contributed by atoms with Crippen LogP contribution in [0.15, 0.2) is 34.3 Å². The molecule has 1 aromatic carbocycles. The highest BCUT2D eigenvalue weighted by Crippen LogP contribution is 2.39. The van der Waals surface area contributed by atoms with E-state index in [-0.39, 0.29) is 5.41 Å². The summed E-state index contributed by atoms with van der Waals surface area (Å²) in [5, 5.41) is 1.64. The average Bonchev–Trinajstić information content (AvgIpc) is 3.01. The molecule has 8 heteroatoms. The number of hydrogen-bond donors (Lipinski definition) is 2. The van der Waals surface area contributed by atoms with Gasteiger partial charge in [0.05, 0.1) is 16.2 Å². The van der Waals surface area contributed by atoms with Gasteiger partial charge >= 0.3 is 0 Å². The summed E-state index contributed by atoms with van der Waals surface area (Å²) in [7, 11) is 0. The SMILES string of the molecule is CC1(CCCN)CCN(c2cnc(Sc3cccc(Cl)c3Cl)c(N)n2)C1. The lowest BCUT2D eigenvalue weighted by Crippen LogP contribution is -2.26. The highest BCUT2D eigenvalue weighted by Gasteiger charge is 2.34. The first-order valence-corrected chi connectivity index (χ1v) is 10.2. The van der Waals surface area contributed by atoms with Crippen LogP contribution in [0.3, 0.4) is 0 Å². The number of hydrogen-bond acceptors (Lipinski definition) is 6. The van der Waals surface area contributed by atoms with E-state index in [0.29, 0.717) is 20.9 Å². The highest BCUT2D eigenvalue weighted by atomic mass is 35.5. The first-order valence-electron chi connectivity index (χ1n) is 8.61. The molecule has 1 unspecified atom stereocenters. The fraction of sp³-hybridized carbons (Fsp3) is 0.444. The molecule has 140 valence electrons. The van der Waals surface area contributed by atoms with E-state index < -0.39 is 0 Å². The van der Waals surface area contributed by atoms with Crippen molar-refractivity contribution >= 4 is 46.6 Å². The van der Waals surface area contributed by atoms with Crippen molar-refractivity contribution in [1.29, 1.82) is 0 Å². The van der Waals surface area contributed by atoms with Gasteiger partial charge in [0, 0.05) is 18.0 Å². The molecule has 0 spiro atoms. The number of nitrogen functional groups attached to an aromatic ring is 1. The number of rotatable bonds is 6. The van der Waals surface area contributed by atoms with Crippen LogP contribution in [-0.2, 0) is 0 Å². The molecule has 1 aliphatic heterocycles. The second kappa shape index (κ2) is 8.21. The van der Waals surface area contributed by atoms with Gasteiger partial charge in [-0.3, -0.25) is 0 Å². The van der Waals surface area contributed by atoms with Gasteiger partial charge in [-0.1, -0.05) is 48.0 Å². The molecule has 1 fully saturated rings. The standard InChI is InChI=1S/C18H23Cl2N5S/c1-18(6-3-8-21)7-9-25(11-18)14-10-23-17(16(22)24-14)26-13-5-2-4-12(19)15(13)20/h2,4-5,10H,3,6-9,11,21H2,1H3,(H2,22,24). The number of benzene rings is 1. The predicted molar refractivity (Wildman–Crippen MR) is 110 cm³/mol. The van der Waals surface area contributed by atoms with Gasteiger partial charge in [-0.2, -0.15) is 0 Å². The number of aromatic nitrogens is 2. The van der Waals surface area contributed by atoms with Gasteiger partial charge in [0.25, 0.3) is 0 Å². The molecule has 4 N–H and O–H groups in total. The summed E-state index contributed by atoms with van der Waals surface area (Å²) >= 11 is 13.7. The van der Waals surface area contributed by atoms with Crippen LogP contribution >= 0.6 is 35.0 Å². The van der Waals surface area contributed by atoms with Crippen molar-refractivity contribution in [3.63, 3.8) is 0 Å². The van der Waals surface area contributed by atoms with Crippen molar-refractivity contribution in [2.75, 3.05) is 30.3 Å². The van der Waals surface area contributed by atoms with Crippen LogP contribution in [0, 0.1) is 5.41 Å². The van der Waals surface area contributed by atoms with E-state index in [1.165, 1.54) is 11.8 Å². The number of nitrogens with zero attached hydrogens (tertiary/aromatic N) is 3. The largest absolute Gasteiger partial charge is 0.381 e. The molecule has 2 heterocycles. The van der Waals surface area contributed by atoms with Crippen molar-refractivity contribution in [3.05, 3.63) is 34.4 Å². The zero-order chi connectivity index (χ0) is 18.7. The van der Waals surface area contributed by atoms with Gasteiger partial charge in [0.15, 0.2) is 5.82 Å². The average molecular weight is 412 g/mol. The van der Waals surface area contributed by atoms with Gasteiger partial charge in [0.2, 0.25) is 0 Å². The van der Waals surface area contributed by atoms with E-state index in [1.54, 1.807) is 12.3 Å². The first kappa shape index (κ1) is 19.5. The Morgan fingerprint density at radius 3 is 2.88 bits per heavy atom. The molecule has 0 bridgehead atoms. The molecule has 1 saturated heterocycles. The maximum absolute atomic E-state index is 6.24. The Morgan fingerprint density at radius 2 is 2.15 bits per heavy atom. The first-order chi connectivity index (χ1) is 12.4. The number of halogens is 2. The minimum absolute atomic E-state index is 0.275. The Hall–Kier alpha value is -1.21. The van der Waals surface area contributed by atoms with E-state index in [1.807, 2.05) is 12.1 Å². The summed E-state index contributed by atoms with van der Waals surface area (Å²) in [5.74, 6) is 1.22. The minimum Gasteiger partial charge on any atom is -0.381 e. The van der Waals surface area contributed by atoms with E-state index in [4.69, 9.17) is 34.7 Å². The number of nitrogens with two attached hydrogens (primary N) is 2. The smallest absolute Gasteiger partial charge is 0.158 e. The van der Waals surface area contributed by atoms with Crippen molar-refractivity contribution in [2.45, 2.75) is 36.1 Å². The zero-order valence-electron chi connectivity index (χ0n) is 14.7. The molecule has 1 aromatic heterocycles. The van der Waals surface area contributed by atoms with Crippen molar-refractivity contribution < 1.29 is 0 Å². The zero-order valence-corrected chi connectivity index (χ0v) is 17.0. The van der Waals surface area contributed by atoms with Gasteiger partial charge in [-0.05, 0) is 43.4 Å². The van der Waals surface area contributed by atoms with Gasteiger partial charge in [-0.15, -0.1) is 0 Å². The van der Waals surface area contributed by atoms with Crippen molar-refractivity contribution in [2.24, 2.45) is 11.1 Å². The molecule has 0 radical (unpaired) electrons. The topological polar surface area (TPSA) is 81.1 Å². The summed E-state index contributed by atoms with van der Waals surface area (Å²) in [6, 6.07) is 5.49. The lowest BCUT2D eigenvalue weighted by Gasteiger charge is -2.25. The van der Waals surface area contributed by atoms with Gasteiger partial charge < -0.3 is 16.4 Å². The third kappa shape index (κ3) is 4.36.